The third-order valence-electron chi connectivity index (χ3n) is 13.8. The lowest BCUT2D eigenvalue weighted by Crippen LogP contribution is -2.66. The highest BCUT2D eigenvalue weighted by Crippen LogP contribution is 2.75. The van der Waals surface area contributed by atoms with Crippen molar-refractivity contribution in [1.29, 1.82) is 0 Å². The van der Waals surface area contributed by atoms with Crippen LogP contribution >= 0.6 is 0 Å². The molecule has 0 spiro atoms. The monoisotopic (exact) mass is 529 g/mol. The minimum Gasteiger partial charge on any atom is -0.396 e. The Morgan fingerprint density at radius 2 is 1.71 bits per heavy atom. The molecule has 5 aliphatic carbocycles. The summed E-state index contributed by atoms with van der Waals surface area (Å²) in [6.07, 6.45) is 12.5. The summed E-state index contributed by atoms with van der Waals surface area (Å²) in [5.74, 6) is 1.41. The molecule has 38 heavy (non-hydrogen) atoms. The average molecular weight is 530 g/mol. The number of amides is 1. The van der Waals surface area contributed by atoms with E-state index in [-0.39, 0.29) is 39.6 Å². The lowest BCUT2D eigenvalue weighted by atomic mass is 9.33. The summed E-state index contributed by atoms with van der Waals surface area (Å²) < 4.78 is 5.25. The second-order valence-corrected chi connectivity index (χ2v) is 15.8. The Labute approximate surface area is 231 Å². The fraction of sp³-hybridized carbons (Fsp3) is 0.909. The Kier molecular flexibility index (Phi) is 7.01. The molecule has 0 aromatic rings. The summed E-state index contributed by atoms with van der Waals surface area (Å²) in [6.45, 7) is 15.7. The molecule has 9 atom stereocenters. The number of nitrogens with one attached hydrogen (secondary N) is 1. The molecule has 5 aliphatic rings. The van der Waals surface area contributed by atoms with Gasteiger partial charge in [0.2, 0.25) is 5.91 Å². The lowest BCUT2D eigenvalue weighted by Gasteiger charge is -2.71. The van der Waals surface area contributed by atoms with Crippen LogP contribution < -0.4 is 5.32 Å². The van der Waals surface area contributed by atoms with Gasteiger partial charge in [0, 0.05) is 19.1 Å². The summed E-state index contributed by atoms with van der Waals surface area (Å²) >= 11 is 0. The van der Waals surface area contributed by atoms with Gasteiger partial charge in [0.05, 0.1) is 24.7 Å². The molecule has 0 saturated heterocycles. The smallest absolute Gasteiger partial charge is 0.226 e. The van der Waals surface area contributed by atoms with Crippen molar-refractivity contribution < 1.29 is 19.7 Å². The Balaban J connectivity index is 1.55. The topological polar surface area (TPSA) is 78.8 Å². The average Bonchev–Trinajstić information content (AvgIpc) is 2.86. The third kappa shape index (κ3) is 3.76. The maximum Gasteiger partial charge on any atom is 0.226 e. The van der Waals surface area contributed by atoms with E-state index in [9.17, 15) is 15.0 Å². The number of hydrogen-bond acceptors (Lipinski definition) is 4. The number of rotatable bonds is 5. The first-order chi connectivity index (χ1) is 17.7. The van der Waals surface area contributed by atoms with E-state index in [0.717, 1.165) is 64.2 Å². The second kappa shape index (κ2) is 9.31. The molecule has 0 aliphatic heterocycles. The molecule has 1 unspecified atom stereocenters. The van der Waals surface area contributed by atoms with Crippen molar-refractivity contribution in [2.24, 2.45) is 50.2 Å². The highest BCUT2D eigenvalue weighted by molar-refractivity contribution is 5.84. The summed E-state index contributed by atoms with van der Waals surface area (Å²) in [6, 6.07) is 0. The molecule has 0 aromatic heterocycles. The summed E-state index contributed by atoms with van der Waals surface area (Å²) in [5.41, 5.74) is 1.43. The molecule has 4 saturated carbocycles. The molecule has 5 nitrogen and oxygen atoms in total. The fourth-order valence-corrected chi connectivity index (χ4v) is 11.1. The van der Waals surface area contributed by atoms with E-state index < -0.39 is 11.5 Å². The predicted octanol–water partition coefficient (Wildman–Crippen LogP) is 5.88. The van der Waals surface area contributed by atoms with Gasteiger partial charge in [-0.2, -0.15) is 0 Å². The second-order valence-electron chi connectivity index (χ2n) is 15.8. The van der Waals surface area contributed by atoms with E-state index in [4.69, 9.17) is 4.74 Å². The van der Waals surface area contributed by atoms with Crippen LogP contribution in [0.1, 0.15) is 106 Å². The number of allylic oxidation sites excluding steroid dienone is 2. The molecule has 216 valence electrons. The maximum absolute atomic E-state index is 13.9. The van der Waals surface area contributed by atoms with Crippen molar-refractivity contribution in [3.05, 3.63) is 11.6 Å². The number of fused-ring (bicyclic) bond motifs is 7. The van der Waals surface area contributed by atoms with Crippen molar-refractivity contribution in [3.8, 4) is 0 Å². The normalized spacial score (nSPS) is 49.6. The standard InChI is InChI=1S/C33H55NO4/c1-28(2)14-16-33(27(37)34-18-19-38-7)17-15-31(5)22(23(33)20-28)8-9-25-29(3)12-11-26(36)30(4,21-35)24(29)10-13-32(25,31)6/h8,23-26,35-36H,9-21H2,1-7H3,(H,34,37)/t23-,24?,25-,26+,29+,30+,31-,32-,33+/m1/s1. The number of carbonyl (C=O) groups is 1. The molecule has 0 radical (unpaired) electrons. The largest absolute Gasteiger partial charge is 0.396 e. The predicted molar refractivity (Wildman–Crippen MR) is 151 cm³/mol. The molecule has 4 fully saturated rings. The van der Waals surface area contributed by atoms with E-state index >= 15 is 0 Å². The van der Waals surface area contributed by atoms with Crippen LogP contribution in [0.5, 0.6) is 0 Å². The molecule has 5 heteroatoms. The maximum atomic E-state index is 13.9. The Hall–Kier alpha value is -0.910. The van der Waals surface area contributed by atoms with Crippen molar-refractivity contribution in [3.63, 3.8) is 0 Å². The zero-order valence-electron chi connectivity index (χ0n) is 25.3. The van der Waals surface area contributed by atoms with Crippen LogP contribution in [-0.2, 0) is 9.53 Å². The zero-order chi connectivity index (χ0) is 27.8. The van der Waals surface area contributed by atoms with Gasteiger partial charge < -0.3 is 20.3 Å². The highest BCUT2D eigenvalue weighted by Gasteiger charge is 2.69. The van der Waals surface area contributed by atoms with Gasteiger partial charge in [-0.3, -0.25) is 4.79 Å². The van der Waals surface area contributed by atoms with Crippen molar-refractivity contribution >= 4 is 5.91 Å². The van der Waals surface area contributed by atoms with Gasteiger partial charge in [-0.05, 0) is 104 Å². The molecular formula is C33H55NO4. The number of ether oxygens (including phenoxy) is 1. The fourth-order valence-electron chi connectivity index (χ4n) is 11.1. The van der Waals surface area contributed by atoms with Crippen LogP contribution in [0.15, 0.2) is 11.6 Å². The van der Waals surface area contributed by atoms with E-state index in [1.165, 1.54) is 0 Å². The molecule has 0 bridgehead atoms. The minimum atomic E-state index is -0.422. The van der Waals surface area contributed by atoms with Gasteiger partial charge >= 0.3 is 0 Å². The van der Waals surface area contributed by atoms with Crippen LogP contribution in [0.2, 0.25) is 0 Å². The molecular weight excluding hydrogens is 474 g/mol. The Morgan fingerprint density at radius 1 is 1.00 bits per heavy atom. The zero-order valence-corrected chi connectivity index (χ0v) is 25.3. The van der Waals surface area contributed by atoms with Gasteiger partial charge in [0.15, 0.2) is 0 Å². The van der Waals surface area contributed by atoms with Gasteiger partial charge in [-0.25, -0.2) is 0 Å². The van der Waals surface area contributed by atoms with E-state index in [2.05, 4.69) is 52.9 Å². The number of carbonyl (C=O) groups excluding carboxylic acids is 1. The SMILES string of the molecule is COCCNC(=O)[C@]12CCC(C)(C)C[C@@H]1C1=CC[C@@H]3[C@@]4(C)CC[C@H](O)[C@@](C)(CO)C4CC[C@@]3(C)[C@]1(C)CC2. The number of aliphatic hydroxyl groups excluding tert-OH is 2. The Morgan fingerprint density at radius 3 is 2.39 bits per heavy atom. The van der Waals surface area contributed by atoms with Gasteiger partial charge in [0.25, 0.3) is 0 Å². The van der Waals surface area contributed by atoms with E-state index in [1.807, 2.05) is 0 Å². The van der Waals surface area contributed by atoms with E-state index in [0.29, 0.717) is 30.9 Å². The minimum absolute atomic E-state index is 0.0636. The summed E-state index contributed by atoms with van der Waals surface area (Å²) in [5, 5.41) is 24.8. The molecule has 1 amide bonds. The van der Waals surface area contributed by atoms with E-state index in [1.54, 1.807) is 12.7 Å². The van der Waals surface area contributed by atoms with Crippen LogP contribution in [0, 0.1) is 50.2 Å². The van der Waals surface area contributed by atoms with Crippen molar-refractivity contribution in [1.82, 2.24) is 5.32 Å². The van der Waals surface area contributed by atoms with Gasteiger partial charge in [-0.15, -0.1) is 0 Å². The first-order valence-electron chi connectivity index (χ1n) is 15.5. The van der Waals surface area contributed by atoms with Crippen LogP contribution in [0.4, 0.5) is 0 Å². The first kappa shape index (κ1) is 28.6. The summed E-state index contributed by atoms with van der Waals surface area (Å²) in [4.78, 5) is 13.9. The quantitative estimate of drug-likeness (QED) is 0.307. The third-order valence-corrected chi connectivity index (χ3v) is 13.8. The molecule has 3 N–H and O–H groups in total. The molecule has 0 aromatic carbocycles. The van der Waals surface area contributed by atoms with Gasteiger partial charge in [-0.1, -0.05) is 53.2 Å². The lowest BCUT2D eigenvalue weighted by molar-refractivity contribution is -0.215. The van der Waals surface area contributed by atoms with Crippen LogP contribution in [0.25, 0.3) is 0 Å². The first-order valence-corrected chi connectivity index (χ1v) is 15.5. The van der Waals surface area contributed by atoms with Crippen molar-refractivity contribution in [2.45, 2.75) is 112 Å². The number of methoxy groups -OCH3 is 1. The summed E-state index contributed by atoms with van der Waals surface area (Å²) in [7, 11) is 1.69. The van der Waals surface area contributed by atoms with Crippen molar-refractivity contribution in [2.75, 3.05) is 26.9 Å². The number of aliphatic hydroxyl groups is 2. The number of hydrogen-bond donors (Lipinski definition) is 3. The van der Waals surface area contributed by atoms with Gasteiger partial charge in [0.1, 0.15) is 0 Å². The Bertz CT molecular complexity index is 976. The van der Waals surface area contributed by atoms with Crippen LogP contribution in [0.3, 0.4) is 0 Å². The molecule has 5 rings (SSSR count). The van der Waals surface area contributed by atoms with Crippen LogP contribution in [-0.4, -0.2) is 49.1 Å². The molecule has 0 heterocycles. The highest BCUT2D eigenvalue weighted by atomic mass is 16.5.